The predicted octanol–water partition coefficient (Wildman–Crippen LogP) is 2.16. The molecule has 26 heavy (non-hydrogen) atoms. The van der Waals surface area contributed by atoms with E-state index in [1.165, 1.54) is 29.7 Å². The van der Waals surface area contributed by atoms with Gasteiger partial charge in [-0.05, 0) is 43.5 Å². The van der Waals surface area contributed by atoms with Gasteiger partial charge in [-0.2, -0.15) is 9.29 Å². The molecule has 1 aromatic heterocycles. The Hall–Kier alpha value is -2.26. The molecule has 1 aliphatic heterocycles. The lowest BCUT2D eigenvalue weighted by molar-refractivity contribution is 0.123. The van der Waals surface area contributed by atoms with Crippen molar-refractivity contribution in [3.63, 3.8) is 0 Å². The number of aromatic nitrogens is 2. The van der Waals surface area contributed by atoms with Gasteiger partial charge in [-0.3, -0.25) is 0 Å². The number of sulfonamides is 1. The normalized spacial score (nSPS) is 18.5. The highest BCUT2D eigenvalue weighted by Gasteiger charge is 2.32. The topological polar surface area (TPSA) is 81.6 Å². The molecule has 1 aromatic carbocycles. The van der Waals surface area contributed by atoms with Crippen molar-refractivity contribution in [3.05, 3.63) is 41.8 Å². The maximum absolute atomic E-state index is 13.3. The minimum atomic E-state index is -3.72. The van der Waals surface area contributed by atoms with Crippen molar-refractivity contribution < 1.29 is 22.3 Å². The molecule has 9 heteroatoms. The summed E-state index contributed by atoms with van der Waals surface area (Å²) in [6, 6.07) is 5.47. The number of halogens is 1. The molecule has 0 bridgehead atoms. The highest BCUT2D eigenvalue weighted by atomic mass is 32.2. The first-order chi connectivity index (χ1) is 12.4. The third kappa shape index (κ3) is 3.94. The van der Waals surface area contributed by atoms with Crippen LogP contribution in [-0.4, -0.2) is 49.0 Å². The zero-order valence-corrected chi connectivity index (χ0v) is 15.4. The number of benzene rings is 1. The number of piperidine rings is 1. The molecule has 1 aliphatic rings. The second-order valence-electron chi connectivity index (χ2n) is 6.04. The summed E-state index contributed by atoms with van der Waals surface area (Å²) in [5.74, 6) is -0.127. The molecular formula is C17H20FN3O4S. The number of methoxy groups -OCH3 is 1. The van der Waals surface area contributed by atoms with Gasteiger partial charge in [0, 0.05) is 18.8 Å². The van der Waals surface area contributed by atoms with E-state index in [1.807, 2.05) is 0 Å². The first-order valence-electron chi connectivity index (χ1n) is 8.20. The molecule has 2 heterocycles. The Kier molecular flexibility index (Phi) is 5.38. The zero-order valence-electron chi connectivity index (χ0n) is 14.6. The lowest BCUT2D eigenvalue weighted by Crippen LogP contribution is -2.44. The molecule has 140 valence electrons. The lowest BCUT2D eigenvalue weighted by Gasteiger charge is -2.32. The Morgan fingerprint density at radius 1 is 1.31 bits per heavy atom. The molecule has 0 N–H and O–H groups in total. The third-order valence-electron chi connectivity index (χ3n) is 4.17. The molecule has 0 spiro atoms. The van der Waals surface area contributed by atoms with Crippen LogP contribution in [0.5, 0.6) is 11.9 Å². The van der Waals surface area contributed by atoms with E-state index >= 15 is 0 Å². The molecule has 0 saturated carbocycles. The first-order valence-corrected chi connectivity index (χ1v) is 9.64. The molecule has 1 atom stereocenters. The van der Waals surface area contributed by atoms with Gasteiger partial charge in [-0.25, -0.2) is 17.8 Å². The second-order valence-corrected chi connectivity index (χ2v) is 7.94. The summed E-state index contributed by atoms with van der Waals surface area (Å²) in [6.07, 6.45) is 2.55. The van der Waals surface area contributed by atoms with E-state index in [0.29, 0.717) is 30.8 Å². The predicted molar refractivity (Wildman–Crippen MR) is 92.1 cm³/mol. The van der Waals surface area contributed by atoms with E-state index < -0.39 is 15.8 Å². The molecule has 0 amide bonds. The van der Waals surface area contributed by atoms with Crippen molar-refractivity contribution in [1.82, 2.24) is 14.3 Å². The van der Waals surface area contributed by atoms with Crippen LogP contribution in [0.1, 0.15) is 18.4 Å². The SMILES string of the molecule is COc1nccc(OC2CCCN(S(=O)(=O)c3ccc(F)cc3C)C2)n1. The Morgan fingerprint density at radius 2 is 2.12 bits per heavy atom. The zero-order chi connectivity index (χ0) is 18.7. The highest BCUT2D eigenvalue weighted by molar-refractivity contribution is 7.89. The number of nitrogens with zero attached hydrogens (tertiary/aromatic N) is 3. The van der Waals surface area contributed by atoms with Gasteiger partial charge in [-0.1, -0.05) is 0 Å². The number of rotatable bonds is 5. The maximum atomic E-state index is 13.3. The van der Waals surface area contributed by atoms with Crippen molar-refractivity contribution in [3.8, 4) is 11.9 Å². The minimum Gasteiger partial charge on any atom is -0.473 e. The largest absolute Gasteiger partial charge is 0.473 e. The monoisotopic (exact) mass is 381 g/mol. The van der Waals surface area contributed by atoms with Crippen molar-refractivity contribution in [2.75, 3.05) is 20.2 Å². The van der Waals surface area contributed by atoms with Crippen molar-refractivity contribution in [1.29, 1.82) is 0 Å². The summed E-state index contributed by atoms with van der Waals surface area (Å²) in [7, 11) is -2.26. The molecule has 0 aliphatic carbocycles. The van der Waals surface area contributed by atoms with E-state index in [4.69, 9.17) is 9.47 Å². The summed E-state index contributed by atoms with van der Waals surface area (Å²) in [4.78, 5) is 8.11. The maximum Gasteiger partial charge on any atom is 0.319 e. The molecule has 0 radical (unpaired) electrons. The van der Waals surface area contributed by atoms with Crippen molar-refractivity contribution in [2.24, 2.45) is 0 Å². The van der Waals surface area contributed by atoms with Gasteiger partial charge in [-0.15, -0.1) is 0 Å². The number of aryl methyl sites for hydroxylation is 1. The fourth-order valence-corrected chi connectivity index (χ4v) is 4.64. The van der Waals surface area contributed by atoms with Crippen LogP contribution in [0.25, 0.3) is 0 Å². The third-order valence-corrected chi connectivity index (χ3v) is 6.20. The quantitative estimate of drug-likeness (QED) is 0.790. The number of ether oxygens (including phenoxy) is 2. The average molecular weight is 381 g/mol. The Bertz CT molecular complexity index is 891. The summed E-state index contributed by atoms with van der Waals surface area (Å²) < 4.78 is 51.3. The Balaban J connectivity index is 1.77. The molecule has 1 fully saturated rings. The molecule has 3 rings (SSSR count). The van der Waals surface area contributed by atoms with Gasteiger partial charge in [0.1, 0.15) is 11.9 Å². The van der Waals surface area contributed by atoms with E-state index in [2.05, 4.69) is 9.97 Å². The van der Waals surface area contributed by atoms with Crippen LogP contribution in [0.4, 0.5) is 4.39 Å². The van der Waals surface area contributed by atoms with E-state index in [-0.39, 0.29) is 23.6 Å². The van der Waals surface area contributed by atoms with Crippen LogP contribution in [0.3, 0.4) is 0 Å². The minimum absolute atomic E-state index is 0.114. The number of hydrogen-bond donors (Lipinski definition) is 0. The Labute approximate surface area is 151 Å². The average Bonchev–Trinajstić information content (AvgIpc) is 2.62. The van der Waals surface area contributed by atoms with Crippen LogP contribution >= 0.6 is 0 Å². The fraction of sp³-hybridized carbons (Fsp3) is 0.412. The van der Waals surface area contributed by atoms with E-state index in [0.717, 1.165) is 6.07 Å². The van der Waals surface area contributed by atoms with Crippen LogP contribution in [0, 0.1) is 12.7 Å². The van der Waals surface area contributed by atoms with Crippen LogP contribution in [-0.2, 0) is 10.0 Å². The van der Waals surface area contributed by atoms with E-state index in [9.17, 15) is 12.8 Å². The van der Waals surface area contributed by atoms with Gasteiger partial charge in [0.25, 0.3) is 0 Å². The van der Waals surface area contributed by atoms with Gasteiger partial charge >= 0.3 is 6.01 Å². The molecule has 1 saturated heterocycles. The first kappa shape index (κ1) is 18.5. The smallest absolute Gasteiger partial charge is 0.319 e. The molecule has 2 aromatic rings. The summed E-state index contributed by atoms with van der Waals surface area (Å²) in [6.45, 7) is 2.18. The molecular weight excluding hydrogens is 361 g/mol. The van der Waals surface area contributed by atoms with Crippen molar-refractivity contribution in [2.45, 2.75) is 30.8 Å². The highest BCUT2D eigenvalue weighted by Crippen LogP contribution is 2.25. The molecule has 7 nitrogen and oxygen atoms in total. The van der Waals surface area contributed by atoms with Crippen molar-refractivity contribution >= 4 is 10.0 Å². The van der Waals surface area contributed by atoms with Crippen LogP contribution in [0.2, 0.25) is 0 Å². The summed E-state index contributed by atoms with van der Waals surface area (Å²) >= 11 is 0. The summed E-state index contributed by atoms with van der Waals surface area (Å²) in [5, 5.41) is 0. The van der Waals surface area contributed by atoms with E-state index in [1.54, 1.807) is 13.0 Å². The number of hydrogen-bond acceptors (Lipinski definition) is 6. The van der Waals surface area contributed by atoms with Gasteiger partial charge in [0.05, 0.1) is 18.6 Å². The van der Waals surface area contributed by atoms with Crippen LogP contribution < -0.4 is 9.47 Å². The summed E-state index contributed by atoms with van der Waals surface area (Å²) in [5.41, 5.74) is 0.383. The fourth-order valence-electron chi connectivity index (χ4n) is 2.92. The standard InChI is InChI=1S/C17H20FN3O4S/c1-12-10-13(18)5-6-15(12)26(22,23)21-9-3-4-14(11-21)25-16-7-8-19-17(20-16)24-2/h5-8,10,14H,3-4,9,11H2,1-2H3. The second kappa shape index (κ2) is 7.55. The van der Waals surface area contributed by atoms with Gasteiger partial charge < -0.3 is 9.47 Å². The van der Waals surface area contributed by atoms with Crippen LogP contribution in [0.15, 0.2) is 35.4 Å². The van der Waals surface area contributed by atoms with Gasteiger partial charge in [0.2, 0.25) is 15.9 Å². The lowest BCUT2D eigenvalue weighted by atomic mass is 10.1. The Morgan fingerprint density at radius 3 is 2.85 bits per heavy atom. The molecule has 1 unspecified atom stereocenters. The van der Waals surface area contributed by atoms with Gasteiger partial charge in [0.15, 0.2) is 0 Å².